The molecule has 2 aliphatic heterocycles. The topological polar surface area (TPSA) is 59.5 Å². The monoisotopic (exact) mass is 274 g/mol. The minimum absolute atomic E-state index is 0.129. The Kier molecular flexibility index (Phi) is 2.17. The van der Waals surface area contributed by atoms with Gasteiger partial charge in [-0.25, -0.2) is 9.78 Å². The third-order valence-corrected chi connectivity index (χ3v) is 4.58. The fourth-order valence-corrected chi connectivity index (χ4v) is 3.58. The highest BCUT2D eigenvalue weighted by Gasteiger charge is 2.49. The van der Waals surface area contributed by atoms with Gasteiger partial charge in [0.1, 0.15) is 12.1 Å². The molecule has 96 valence electrons. The number of hydrogen-bond acceptors (Lipinski definition) is 5. The molecule has 2 bridgehead atoms. The van der Waals surface area contributed by atoms with Gasteiger partial charge in [-0.05, 0) is 12.1 Å². The Bertz CT molecular complexity index is 663. The van der Waals surface area contributed by atoms with E-state index in [4.69, 9.17) is 4.74 Å². The van der Waals surface area contributed by atoms with E-state index in [2.05, 4.69) is 4.98 Å². The molecule has 2 atom stereocenters. The van der Waals surface area contributed by atoms with Crippen LogP contribution >= 0.6 is 11.3 Å². The van der Waals surface area contributed by atoms with Gasteiger partial charge in [0.05, 0.1) is 16.8 Å². The first-order valence-corrected chi connectivity index (χ1v) is 6.91. The number of amides is 1. The summed E-state index contributed by atoms with van der Waals surface area (Å²) in [6.07, 6.45) is 0.492. The first kappa shape index (κ1) is 10.9. The predicted molar refractivity (Wildman–Crippen MR) is 68.9 cm³/mol. The summed E-state index contributed by atoms with van der Waals surface area (Å²) in [5.74, 6) is -0.448. The van der Waals surface area contributed by atoms with Crippen LogP contribution in [0.5, 0.6) is 0 Å². The van der Waals surface area contributed by atoms with Crippen molar-refractivity contribution in [2.75, 3.05) is 6.54 Å². The minimum Gasteiger partial charge on any atom is -0.459 e. The molecule has 19 heavy (non-hydrogen) atoms. The largest absolute Gasteiger partial charge is 0.459 e. The number of morpholine rings is 1. The summed E-state index contributed by atoms with van der Waals surface area (Å²) in [4.78, 5) is 29.9. The molecular weight excluding hydrogens is 264 g/mol. The van der Waals surface area contributed by atoms with Crippen LogP contribution in [0, 0.1) is 0 Å². The smallest absolute Gasteiger partial charge is 0.329 e. The van der Waals surface area contributed by atoms with Gasteiger partial charge in [0.2, 0.25) is 0 Å². The Labute approximate surface area is 112 Å². The molecule has 2 aromatic rings. The van der Waals surface area contributed by atoms with E-state index in [-0.39, 0.29) is 18.0 Å². The third-order valence-electron chi connectivity index (χ3n) is 3.56. The number of carbonyl (C=O) groups excluding carboxylic acids is 2. The molecule has 0 saturated carbocycles. The van der Waals surface area contributed by atoms with Crippen molar-refractivity contribution in [1.29, 1.82) is 0 Å². The standard InChI is InChI=1S/C13H10N2O3S/c16-12(15-6-7-5-9(15)13(17)18-7)11-14-8-3-1-2-4-10(8)19-11/h1-4,7,9H,5-6H2/t7-,9-/m1/s1. The van der Waals surface area contributed by atoms with Gasteiger partial charge >= 0.3 is 5.97 Å². The number of thiazole rings is 1. The maximum Gasteiger partial charge on any atom is 0.329 e. The van der Waals surface area contributed by atoms with Gasteiger partial charge in [-0.15, -0.1) is 11.3 Å². The highest BCUT2D eigenvalue weighted by Crippen LogP contribution is 2.31. The molecule has 6 heteroatoms. The quantitative estimate of drug-likeness (QED) is 0.738. The number of rotatable bonds is 1. The molecule has 0 spiro atoms. The van der Waals surface area contributed by atoms with Crippen molar-refractivity contribution in [3.8, 4) is 0 Å². The van der Waals surface area contributed by atoms with E-state index in [1.807, 2.05) is 24.3 Å². The van der Waals surface area contributed by atoms with Crippen molar-refractivity contribution in [2.24, 2.45) is 0 Å². The molecule has 0 unspecified atom stereocenters. The number of fused-ring (bicyclic) bond motifs is 3. The number of ether oxygens (including phenoxy) is 1. The van der Waals surface area contributed by atoms with Crippen LogP contribution in [0.15, 0.2) is 24.3 Å². The summed E-state index contributed by atoms with van der Waals surface area (Å²) in [5, 5.41) is 0.446. The van der Waals surface area contributed by atoms with Crippen LogP contribution in [0.1, 0.15) is 16.2 Å². The van der Waals surface area contributed by atoms with Crippen LogP contribution in [-0.2, 0) is 9.53 Å². The van der Waals surface area contributed by atoms with Gasteiger partial charge in [-0.2, -0.15) is 0 Å². The second-order valence-electron chi connectivity index (χ2n) is 4.75. The van der Waals surface area contributed by atoms with E-state index < -0.39 is 6.04 Å². The highest BCUT2D eigenvalue weighted by molar-refractivity contribution is 7.20. The lowest BCUT2D eigenvalue weighted by atomic mass is 10.2. The molecule has 0 N–H and O–H groups in total. The second kappa shape index (κ2) is 3.77. The first-order chi connectivity index (χ1) is 9.22. The second-order valence-corrected chi connectivity index (χ2v) is 5.79. The van der Waals surface area contributed by atoms with E-state index >= 15 is 0 Å². The summed E-state index contributed by atoms with van der Waals surface area (Å²) in [6, 6.07) is 7.22. The van der Waals surface area contributed by atoms with Crippen molar-refractivity contribution < 1.29 is 14.3 Å². The Hall–Kier alpha value is -1.95. The Morgan fingerprint density at radius 2 is 2.26 bits per heavy atom. The fraction of sp³-hybridized carbons (Fsp3) is 0.308. The van der Waals surface area contributed by atoms with Gasteiger partial charge in [-0.3, -0.25) is 4.79 Å². The first-order valence-electron chi connectivity index (χ1n) is 6.09. The van der Waals surface area contributed by atoms with E-state index in [0.717, 1.165) is 10.2 Å². The summed E-state index contributed by atoms with van der Waals surface area (Å²) < 4.78 is 6.07. The summed E-state index contributed by atoms with van der Waals surface area (Å²) in [6.45, 7) is 0.491. The number of esters is 1. The van der Waals surface area contributed by atoms with E-state index in [1.165, 1.54) is 11.3 Å². The van der Waals surface area contributed by atoms with Gasteiger partial charge < -0.3 is 9.64 Å². The molecule has 2 aliphatic rings. The van der Waals surface area contributed by atoms with Crippen molar-refractivity contribution in [2.45, 2.75) is 18.6 Å². The number of benzene rings is 1. The van der Waals surface area contributed by atoms with Crippen LogP contribution in [-0.4, -0.2) is 40.5 Å². The number of nitrogens with zero attached hydrogens (tertiary/aromatic N) is 2. The summed E-state index contributed by atoms with van der Waals surface area (Å²) in [7, 11) is 0. The third kappa shape index (κ3) is 1.56. The molecular formula is C13H10N2O3S. The summed E-state index contributed by atoms with van der Waals surface area (Å²) in [5.41, 5.74) is 0.822. The maximum atomic E-state index is 12.4. The normalized spacial score (nSPS) is 25.1. The van der Waals surface area contributed by atoms with Crippen molar-refractivity contribution >= 4 is 33.4 Å². The van der Waals surface area contributed by atoms with Crippen LogP contribution in [0.4, 0.5) is 0 Å². The van der Waals surface area contributed by atoms with E-state index in [9.17, 15) is 9.59 Å². The SMILES string of the molecule is O=C1O[C@@H]2C[C@H]1N(C(=O)c1nc3ccccc3s1)C2. The Balaban J connectivity index is 1.69. The zero-order valence-corrected chi connectivity index (χ0v) is 10.7. The Morgan fingerprint density at radius 1 is 1.42 bits per heavy atom. The van der Waals surface area contributed by atoms with Gasteiger partial charge in [-0.1, -0.05) is 12.1 Å². The lowest BCUT2D eigenvalue weighted by molar-refractivity contribution is -0.149. The number of hydrogen-bond donors (Lipinski definition) is 0. The number of para-hydroxylation sites is 1. The summed E-state index contributed by atoms with van der Waals surface area (Å²) >= 11 is 1.37. The number of likely N-dealkylation sites (tertiary alicyclic amines) is 1. The maximum absolute atomic E-state index is 12.4. The number of aromatic nitrogens is 1. The van der Waals surface area contributed by atoms with Crippen LogP contribution < -0.4 is 0 Å². The Morgan fingerprint density at radius 3 is 3.00 bits per heavy atom. The average Bonchev–Trinajstić information content (AvgIpc) is 3.09. The molecule has 0 aliphatic carbocycles. The van der Waals surface area contributed by atoms with Crippen molar-refractivity contribution in [3.63, 3.8) is 0 Å². The molecule has 1 aromatic heterocycles. The fourth-order valence-electron chi connectivity index (χ4n) is 2.66. The molecule has 5 nitrogen and oxygen atoms in total. The van der Waals surface area contributed by atoms with Gasteiger partial charge in [0.25, 0.3) is 5.91 Å². The molecule has 2 saturated heterocycles. The van der Waals surface area contributed by atoms with Gasteiger partial charge in [0, 0.05) is 6.42 Å². The minimum atomic E-state index is -0.412. The van der Waals surface area contributed by atoms with E-state index in [0.29, 0.717) is 18.0 Å². The number of carbonyl (C=O) groups is 2. The van der Waals surface area contributed by atoms with Crippen molar-refractivity contribution in [3.05, 3.63) is 29.3 Å². The average molecular weight is 274 g/mol. The highest BCUT2D eigenvalue weighted by atomic mass is 32.1. The lowest BCUT2D eigenvalue weighted by Crippen LogP contribution is -2.44. The molecule has 1 amide bonds. The molecule has 1 aromatic carbocycles. The zero-order valence-electron chi connectivity index (χ0n) is 9.91. The van der Waals surface area contributed by atoms with Crippen LogP contribution in [0.3, 0.4) is 0 Å². The zero-order chi connectivity index (χ0) is 13.0. The van der Waals surface area contributed by atoms with Crippen LogP contribution in [0.25, 0.3) is 10.2 Å². The lowest BCUT2D eigenvalue weighted by Gasteiger charge is -2.24. The molecule has 2 fully saturated rings. The predicted octanol–water partition coefficient (Wildman–Crippen LogP) is 1.44. The molecule has 3 heterocycles. The van der Waals surface area contributed by atoms with Crippen molar-refractivity contribution in [1.82, 2.24) is 9.88 Å². The van der Waals surface area contributed by atoms with Crippen LogP contribution in [0.2, 0.25) is 0 Å². The molecule has 0 radical (unpaired) electrons. The molecule has 4 rings (SSSR count). The van der Waals surface area contributed by atoms with Gasteiger partial charge in [0.15, 0.2) is 5.01 Å². The van der Waals surface area contributed by atoms with E-state index in [1.54, 1.807) is 4.90 Å².